The fourth-order valence-corrected chi connectivity index (χ4v) is 3.66. The summed E-state index contributed by atoms with van der Waals surface area (Å²) < 4.78 is 18.8. The number of carbonyl (C=O) groups excluding carboxylic acids is 1. The number of carbonyl (C=O) groups is 1. The molecule has 0 radical (unpaired) electrons. The molecule has 1 aromatic carbocycles. The van der Waals surface area contributed by atoms with Gasteiger partial charge in [-0.1, -0.05) is 18.6 Å². The smallest absolute Gasteiger partial charge is 0.411 e. The Hall–Kier alpha value is -1.62. The van der Waals surface area contributed by atoms with Gasteiger partial charge < -0.3 is 4.74 Å². The van der Waals surface area contributed by atoms with Crippen LogP contribution in [0.4, 0.5) is 14.9 Å². The summed E-state index contributed by atoms with van der Waals surface area (Å²) in [5.74, 6) is -0.0454. The molecule has 2 atom stereocenters. The van der Waals surface area contributed by atoms with E-state index in [0.717, 1.165) is 6.42 Å². The molecule has 0 unspecified atom stereocenters. The lowest BCUT2D eigenvalue weighted by atomic mass is 9.84. The first kappa shape index (κ1) is 15.3. The highest BCUT2D eigenvalue weighted by Gasteiger charge is 2.33. The standard InChI is InChI=1S/C17H23FN2O2/c18-14-7-1-2-8-15(14)19-17(21)22-12-13-6-5-11-20-10-4-3-9-16(13)20/h1-2,7-8,13,16H,3-6,9-12H2,(H,19,21)/t13-,16-/m1/s1. The molecule has 0 bridgehead atoms. The number of anilines is 1. The summed E-state index contributed by atoms with van der Waals surface area (Å²) >= 11 is 0. The second-order valence-corrected chi connectivity index (χ2v) is 6.20. The van der Waals surface area contributed by atoms with Crippen LogP contribution in [0, 0.1) is 11.7 Å². The number of rotatable bonds is 3. The number of hydrogen-bond donors (Lipinski definition) is 1. The van der Waals surface area contributed by atoms with Crippen LogP contribution in [-0.4, -0.2) is 36.7 Å². The van der Waals surface area contributed by atoms with E-state index in [-0.39, 0.29) is 5.69 Å². The summed E-state index contributed by atoms with van der Waals surface area (Å²) in [7, 11) is 0. The quantitative estimate of drug-likeness (QED) is 0.927. The Balaban J connectivity index is 1.51. The van der Waals surface area contributed by atoms with E-state index in [1.165, 1.54) is 50.9 Å². The maximum atomic E-state index is 13.5. The third kappa shape index (κ3) is 3.58. The van der Waals surface area contributed by atoms with Gasteiger partial charge in [0.15, 0.2) is 0 Å². The van der Waals surface area contributed by atoms with Crippen molar-refractivity contribution < 1.29 is 13.9 Å². The number of ether oxygens (including phenoxy) is 1. The maximum Gasteiger partial charge on any atom is 0.411 e. The Morgan fingerprint density at radius 3 is 2.91 bits per heavy atom. The largest absolute Gasteiger partial charge is 0.449 e. The van der Waals surface area contributed by atoms with E-state index in [4.69, 9.17) is 4.74 Å². The molecule has 0 aliphatic carbocycles. The van der Waals surface area contributed by atoms with Gasteiger partial charge in [0.05, 0.1) is 12.3 Å². The molecule has 1 N–H and O–H groups in total. The van der Waals surface area contributed by atoms with E-state index >= 15 is 0 Å². The van der Waals surface area contributed by atoms with Gasteiger partial charge in [-0.3, -0.25) is 10.2 Å². The molecule has 2 saturated heterocycles. The van der Waals surface area contributed by atoms with Crippen molar-refractivity contribution >= 4 is 11.8 Å². The van der Waals surface area contributed by atoms with Crippen molar-refractivity contribution in [1.29, 1.82) is 0 Å². The maximum absolute atomic E-state index is 13.5. The minimum absolute atomic E-state index is 0.162. The van der Waals surface area contributed by atoms with E-state index in [1.807, 2.05) is 0 Å². The number of amides is 1. The number of nitrogens with one attached hydrogen (secondary N) is 1. The van der Waals surface area contributed by atoms with Crippen molar-refractivity contribution in [3.63, 3.8) is 0 Å². The molecule has 120 valence electrons. The molecule has 2 aliphatic heterocycles. The first-order valence-electron chi connectivity index (χ1n) is 8.16. The molecule has 22 heavy (non-hydrogen) atoms. The van der Waals surface area contributed by atoms with Crippen molar-refractivity contribution in [2.45, 2.75) is 38.1 Å². The number of halogens is 1. The average Bonchev–Trinajstić information content (AvgIpc) is 2.55. The monoisotopic (exact) mass is 306 g/mol. The Kier molecular flexibility index (Phi) is 4.93. The number of piperidine rings is 2. The van der Waals surface area contributed by atoms with Crippen LogP contribution in [0.3, 0.4) is 0 Å². The van der Waals surface area contributed by atoms with E-state index < -0.39 is 11.9 Å². The van der Waals surface area contributed by atoms with Crippen LogP contribution in [0.25, 0.3) is 0 Å². The van der Waals surface area contributed by atoms with Crippen LogP contribution in [-0.2, 0) is 4.74 Å². The second kappa shape index (κ2) is 7.09. The first-order valence-corrected chi connectivity index (χ1v) is 8.16. The van der Waals surface area contributed by atoms with Gasteiger partial charge in [0.1, 0.15) is 5.82 Å². The third-order valence-corrected chi connectivity index (χ3v) is 4.77. The number of nitrogens with zero attached hydrogens (tertiary/aromatic N) is 1. The fraction of sp³-hybridized carbons (Fsp3) is 0.588. The van der Waals surface area contributed by atoms with Crippen LogP contribution < -0.4 is 5.32 Å². The molecule has 2 heterocycles. The van der Waals surface area contributed by atoms with Crippen LogP contribution in [0.2, 0.25) is 0 Å². The number of hydrogen-bond acceptors (Lipinski definition) is 3. The fourth-order valence-electron chi connectivity index (χ4n) is 3.66. The van der Waals surface area contributed by atoms with Crippen molar-refractivity contribution in [3.05, 3.63) is 30.1 Å². The Morgan fingerprint density at radius 1 is 1.23 bits per heavy atom. The van der Waals surface area contributed by atoms with Gasteiger partial charge in [0.2, 0.25) is 0 Å². The molecule has 0 aromatic heterocycles. The van der Waals surface area contributed by atoms with Gasteiger partial charge in [-0.2, -0.15) is 0 Å². The third-order valence-electron chi connectivity index (χ3n) is 4.77. The lowest BCUT2D eigenvalue weighted by Crippen LogP contribution is -2.49. The molecular weight excluding hydrogens is 283 g/mol. The van der Waals surface area contributed by atoms with E-state index in [1.54, 1.807) is 12.1 Å². The summed E-state index contributed by atoms with van der Waals surface area (Å²) in [6, 6.07) is 6.66. The summed E-state index contributed by atoms with van der Waals surface area (Å²) in [5, 5.41) is 2.47. The highest BCUT2D eigenvalue weighted by molar-refractivity contribution is 5.84. The topological polar surface area (TPSA) is 41.6 Å². The van der Waals surface area contributed by atoms with Gasteiger partial charge in [0, 0.05) is 12.0 Å². The van der Waals surface area contributed by atoms with Crippen molar-refractivity contribution in [3.8, 4) is 0 Å². The summed E-state index contributed by atoms with van der Waals surface area (Å²) in [6.45, 7) is 2.76. The van der Waals surface area contributed by atoms with E-state index in [2.05, 4.69) is 10.2 Å². The second-order valence-electron chi connectivity index (χ2n) is 6.20. The Morgan fingerprint density at radius 2 is 2.05 bits per heavy atom. The highest BCUT2D eigenvalue weighted by atomic mass is 19.1. The Labute approximate surface area is 130 Å². The molecule has 5 heteroatoms. The van der Waals surface area contributed by atoms with Crippen LogP contribution in [0.15, 0.2) is 24.3 Å². The first-order chi connectivity index (χ1) is 10.7. The molecular formula is C17H23FN2O2. The predicted molar refractivity (Wildman–Crippen MR) is 83.3 cm³/mol. The van der Waals surface area contributed by atoms with Gasteiger partial charge in [-0.15, -0.1) is 0 Å². The lowest BCUT2D eigenvalue weighted by molar-refractivity contribution is 0.0261. The zero-order valence-corrected chi connectivity index (χ0v) is 12.8. The predicted octanol–water partition coefficient (Wildman–Crippen LogP) is 3.64. The number of benzene rings is 1. The SMILES string of the molecule is O=C(Nc1ccccc1F)OC[C@H]1CCCN2CCCC[C@H]12. The summed E-state index contributed by atoms with van der Waals surface area (Å²) in [5.41, 5.74) is 0.162. The molecule has 2 aliphatic rings. The molecule has 3 rings (SSSR count). The summed E-state index contributed by atoms with van der Waals surface area (Å²) in [4.78, 5) is 14.4. The minimum atomic E-state index is -0.571. The molecule has 1 aromatic rings. The molecule has 1 amide bonds. The Bertz CT molecular complexity index is 521. The van der Waals surface area contributed by atoms with Crippen LogP contribution >= 0.6 is 0 Å². The molecule has 4 nitrogen and oxygen atoms in total. The lowest BCUT2D eigenvalue weighted by Gasteiger charge is -2.44. The van der Waals surface area contributed by atoms with Crippen molar-refractivity contribution in [2.75, 3.05) is 25.0 Å². The number of fused-ring (bicyclic) bond motifs is 1. The van der Waals surface area contributed by atoms with E-state index in [0.29, 0.717) is 18.6 Å². The normalized spacial score (nSPS) is 25.3. The van der Waals surface area contributed by atoms with Gasteiger partial charge in [-0.05, 0) is 50.9 Å². The van der Waals surface area contributed by atoms with Crippen LogP contribution in [0.5, 0.6) is 0 Å². The average molecular weight is 306 g/mol. The highest BCUT2D eigenvalue weighted by Crippen LogP contribution is 2.31. The van der Waals surface area contributed by atoms with Crippen LogP contribution in [0.1, 0.15) is 32.1 Å². The molecule has 2 fully saturated rings. The van der Waals surface area contributed by atoms with Crippen molar-refractivity contribution in [2.24, 2.45) is 5.92 Å². The zero-order chi connectivity index (χ0) is 15.4. The van der Waals surface area contributed by atoms with Gasteiger partial charge in [-0.25, -0.2) is 9.18 Å². The minimum Gasteiger partial charge on any atom is -0.449 e. The zero-order valence-electron chi connectivity index (χ0n) is 12.8. The van der Waals surface area contributed by atoms with E-state index in [9.17, 15) is 9.18 Å². The van der Waals surface area contributed by atoms with Crippen molar-refractivity contribution in [1.82, 2.24) is 4.90 Å². The van der Waals surface area contributed by atoms with Gasteiger partial charge >= 0.3 is 6.09 Å². The van der Waals surface area contributed by atoms with Gasteiger partial charge in [0.25, 0.3) is 0 Å². The summed E-state index contributed by atoms with van der Waals surface area (Å²) in [6.07, 6.45) is 5.44. The molecule has 0 saturated carbocycles. The number of para-hydroxylation sites is 1. The molecule has 0 spiro atoms.